The van der Waals surface area contributed by atoms with E-state index in [-0.39, 0.29) is 17.9 Å². The molecule has 6 aliphatic rings. The quantitative estimate of drug-likeness (QED) is 0.194. The van der Waals surface area contributed by atoms with Crippen molar-refractivity contribution in [1.29, 1.82) is 0 Å². The number of ether oxygens (including phenoxy) is 4. The number of aromatic nitrogens is 1. The van der Waals surface area contributed by atoms with Gasteiger partial charge in [0.1, 0.15) is 11.2 Å². The van der Waals surface area contributed by atoms with Gasteiger partial charge in [-0.25, -0.2) is 4.79 Å². The summed E-state index contributed by atoms with van der Waals surface area (Å²) in [7, 11) is 6.24. The maximum Gasteiger partial charge on any atom is 0.344 e. The number of likely N-dealkylation sites (N-methyl/N-ethyl adjacent to an activating group) is 1. The molecule has 308 valence electrons. The molecule has 1 aliphatic carbocycles. The van der Waals surface area contributed by atoms with Gasteiger partial charge in [-0.3, -0.25) is 19.4 Å². The van der Waals surface area contributed by atoms with Gasteiger partial charge in [0.05, 0.1) is 27.4 Å². The van der Waals surface area contributed by atoms with E-state index in [2.05, 4.69) is 58.1 Å². The number of methoxy groups -OCH3 is 3. The van der Waals surface area contributed by atoms with Crippen LogP contribution in [-0.2, 0) is 45.8 Å². The van der Waals surface area contributed by atoms with Gasteiger partial charge in [-0.15, -0.1) is 0 Å². The molecule has 2 N–H and O–H groups in total. The summed E-state index contributed by atoms with van der Waals surface area (Å²) < 4.78 is 24.0. The first-order valence-corrected chi connectivity index (χ1v) is 20.8. The van der Waals surface area contributed by atoms with Crippen molar-refractivity contribution in [2.75, 3.05) is 66.0 Å². The number of nitrogens with one attached hydrogen (secondary N) is 1. The minimum Gasteiger partial charge on any atom is -0.496 e. The normalized spacial score (nSPS) is 34.7. The van der Waals surface area contributed by atoms with E-state index in [1.807, 2.05) is 37.1 Å². The zero-order valence-electron chi connectivity index (χ0n) is 34.7. The molecule has 58 heavy (non-hydrogen) atoms. The molecule has 2 bridgehead atoms. The number of anilines is 1. The summed E-state index contributed by atoms with van der Waals surface area (Å²) in [5.41, 5.74) is 1.10. The van der Waals surface area contributed by atoms with Crippen LogP contribution in [0.5, 0.6) is 5.75 Å². The molecular weight excluding hydrogens is 737 g/mol. The Balaban J connectivity index is 1.37. The number of nitrogens with zero attached hydrogens (tertiary/aromatic N) is 3. The van der Waals surface area contributed by atoms with Crippen LogP contribution in [0.1, 0.15) is 68.8 Å². The summed E-state index contributed by atoms with van der Waals surface area (Å²) in [5.74, 6) is -1.31. The molecule has 0 unspecified atom stereocenters. The number of carbonyl (C=O) groups excluding carboxylic acids is 3. The second kappa shape index (κ2) is 13.7. The molecule has 0 amide bonds. The Kier molecular flexibility index (Phi) is 9.18. The molecule has 2 fully saturated rings. The van der Waals surface area contributed by atoms with Crippen molar-refractivity contribution in [2.45, 2.75) is 87.5 Å². The topological polar surface area (TPSA) is 134 Å². The molecular formula is C46H56N4O8. The molecule has 12 heteroatoms. The Morgan fingerprint density at radius 1 is 1.00 bits per heavy atom. The standard InChI is InChI=1S/C46H56N4O8/c1-8-28-21-29-24-45(41(52)56-6,37-31(15-19-49(25-28)26-29)30-13-10-11-14-34(30)47-37)33-22-32-35(23-36(33)55-5)48(4)39-44(32)17-20-50-18-12-16-43(9-2,38(44)50)40(58-27(3)51)46(39,54)42(53)57-7/h10-14,16,21-23,29,38-40,47,54H,8-9,15,17-20,24-26H2,1-7H3/t29-,38-,39+,40+,43+,44+,45-,46-/m0/s1. The van der Waals surface area contributed by atoms with Crippen LogP contribution >= 0.6 is 0 Å². The molecule has 9 atom stereocenters. The van der Waals surface area contributed by atoms with E-state index in [0.717, 1.165) is 65.9 Å². The van der Waals surface area contributed by atoms with Crippen LogP contribution in [-0.4, -0.2) is 123 Å². The molecule has 6 heterocycles. The van der Waals surface area contributed by atoms with E-state index in [1.54, 1.807) is 7.11 Å². The number of para-hydroxylation sites is 1. The van der Waals surface area contributed by atoms with E-state index >= 15 is 4.79 Å². The van der Waals surface area contributed by atoms with Gasteiger partial charge in [0, 0.05) is 90.9 Å². The zero-order valence-corrected chi connectivity index (χ0v) is 34.7. The van der Waals surface area contributed by atoms with E-state index in [9.17, 15) is 14.7 Å². The highest BCUT2D eigenvalue weighted by molar-refractivity contribution is 5.95. The number of fused-ring (bicyclic) bond motifs is 6. The number of aliphatic hydroxyl groups is 1. The third kappa shape index (κ3) is 4.94. The zero-order chi connectivity index (χ0) is 40.9. The molecule has 1 saturated carbocycles. The smallest absolute Gasteiger partial charge is 0.344 e. The van der Waals surface area contributed by atoms with Gasteiger partial charge in [-0.05, 0) is 67.8 Å². The Morgan fingerprint density at radius 2 is 1.78 bits per heavy atom. The first-order valence-electron chi connectivity index (χ1n) is 20.8. The number of aromatic amines is 1. The molecule has 1 spiro atoms. The number of benzene rings is 2. The fourth-order valence-electron chi connectivity index (χ4n) is 13.0. The number of esters is 3. The summed E-state index contributed by atoms with van der Waals surface area (Å²) in [6, 6.07) is 11.2. The van der Waals surface area contributed by atoms with Crippen molar-refractivity contribution < 1.29 is 38.4 Å². The average Bonchev–Trinajstić information content (AvgIpc) is 3.89. The van der Waals surface area contributed by atoms with Crippen LogP contribution in [0.3, 0.4) is 0 Å². The fourth-order valence-corrected chi connectivity index (χ4v) is 13.0. The summed E-state index contributed by atoms with van der Waals surface area (Å²) in [6.45, 7) is 9.44. The average molecular weight is 793 g/mol. The van der Waals surface area contributed by atoms with Crippen LogP contribution in [0, 0.1) is 11.3 Å². The first kappa shape index (κ1) is 38.8. The highest BCUT2D eigenvalue weighted by Gasteiger charge is 2.80. The highest BCUT2D eigenvalue weighted by atomic mass is 16.6. The Hall–Kier alpha value is -4.65. The predicted molar refractivity (Wildman–Crippen MR) is 219 cm³/mol. The molecule has 2 aromatic carbocycles. The lowest BCUT2D eigenvalue weighted by Gasteiger charge is -2.63. The van der Waals surface area contributed by atoms with Gasteiger partial charge in [0.15, 0.2) is 6.10 Å². The maximum atomic E-state index is 15.3. The third-order valence-corrected chi connectivity index (χ3v) is 15.1. The minimum absolute atomic E-state index is 0.0217. The van der Waals surface area contributed by atoms with Crippen molar-refractivity contribution in [2.24, 2.45) is 11.3 Å². The first-order chi connectivity index (χ1) is 27.9. The molecule has 12 nitrogen and oxygen atoms in total. The van der Waals surface area contributed by atoms with Crippen LogP contribution in [0.25, 0.3) is 10.9 Å². The predicted octanol–water partition coefficient (Wildman–Crippen LogP) is 4.80. The molecule has 0 radical (unpaired) electrons. The van der Waals surface area contributed by atoms with Crippen molar-refractivity contribution in [3.63, 3.8) is 0 Å². The van der Waals surface area contributed by atoms with Crippen LogP contribution < -0.4 is 9.64 Å². The number of carbonyl (C=O) groups is 3. The van der Waals surface area contributed by atoms with Crippen LogP contribution in [0.2, 0.25) is 0 Å². The molecule has 3 aromatic rings. The van der Waals surface area contributed by atoms with E-state index in [0.29, 0.717) is 43.7 Å². The third-order valence-electron chi connectivity index (χ3n) is 15.1. The summed E-state index contributed by atoms with van der Waals surface area (Å²) in [6.07, 6.45) is 8.43. The lowest BCUT2D eigenvalue weighted by Crippen LogP contribution is -2.81. The van der Waals surface area contributed by atoms with Crippen molar-refractivity contribution >= 4 is 34.5 Å². The lowest BCUT2D eigenvalue weighted by molar-refractivity contribution is -0.228. The van der Waals surface area contributed by atoms with Gasteiger partial charge in [0.2, 0.25) is 5.60 Å². The van der Waals surface area contributed by atoms with Gasteiger partial charge in [-0.2, -0.15) is 0 Å². The van der Waals surface area contributed by atoms with Gasteiger partial charge in [0.25, 0.3) is 0 Å². The molecule has 1 aromatic heterocycles. The van der Waals surface area contributed by atoms with Gasteiger partial charge < -0.3 is 33.9 Å². The van der Waals surface area contributed by atoms with E-state index in [1.165, 1.54) is 26.7 Å². The number of hydrogen-bond acceptors (Lipinski definition) is 11. The SMILES string of the molecule is CCC1=C[C@@H]2C[N@@](CCc3c([nH]c4ccccc34)[C@@](C(=O)OC)(c3cc4c(cc3OC)N(C)[C@H]3[C@@](O)(C(=O)OC)[C@H](OC(C)=O)[C@]5(CC)C=CCN6CC[C@]43[C@@H]65)C2)C1. The maximum absolute atomic E-state index is 15.3. The highest BCUT2D eigenvalue weighted by Crippen LogP contribution is 2.68. The Labute approximate surface area is 340 Å². The van der Waals surface area contributed by atoms with Gasteiger partial charge >= 0.3 is 17.9 Å². The number of rotatable bonds is 7. The monoisotopic (exact) mass is 792 g/mol. The van der Waals surface area contributed by atoms with Gasteiger partial charge in [-0.1, -0.05) is 55.8 Å². The lowest BCUT2D eigenvalue weighted by atomic mass is 9.47. The Morgan fingerprint density at radius 3 is 2.48 bits per heavy atom. The Bertz CT molecular complexity index is 2270. The number of H-pyrrole nitrogens is 1. The van der Waals surface area contributed by atoms with Crippen LogP contribution in [0.4, 0.5) is 5.69 Å². The van der Waals surface area contributed by atoms with E-state index in [4.69, 9.17) is 18.9 Å². The van der Waals surface area contributed by atoms with Crippen molar-refractivity contribution in [3.8, 4) is 5.75 Å². The summed E-state index contributed by atoms with van der Waals surface area (Å²) in [5, 5.41) is 14.4. The van der Waals surface area contributed by atoms with Crippen molar-refractivity contribution in [1.82, 2.24) is 14.8 Å². The van der Waals surface area contributed by atoms with Crippen LogP contribution in [0.15, 0.2) is 60.2 Å². The molecule has 5 aliphatic heterocycles. The fraction of sp³-hybridized carbons (Fsp3) is 0.543. The minimum atomic E-state index is -2.28. The number of hydrogen-bond donors (Lipinski definition) is 2. The second-order valence-corrected chi connectivity index (χ2v) is 17.5. The second-order valence-electron chi connectivity index (χ2n) is 17.5. The van der Waals surface area contributed by atoms with Crippen molar-refractivity contribution in [3.05, 3.63) is 82.6 Å². The molecule has 1 saturated heterocycles. The summed E-state index contributed by atoms with van der Waals surface area (Å²) >= 11 is 0. The molecule has 9 rings (SSSR count). The largest absolute Gasteiger partial charge is 0.496 e. The summed E-state index contributed by atoms with van der Waals surface area (Å²) in [4.78, 5) is 53.4. The van der Waals surface area contributed by atoms with E-state index < -0.39 is 45.9 Å².